The fourth-order valence-corrected chi connectivity index (χ4v) is 1.65. The number of nitrogens with one attached hydrogen (secondary N) is 1. The largest absolute Gasteiger partial charge is 0.382 e. The average Bonchev–Trinajstić information content (AvgIpc) is 3.00. The zero-order chi connectivity index (χ0) is 11.7. The fourth-order valence-electron chi connectivity index (χ4n) is 1.65. The summed E-state index contributed by atoms with van der Waals surface area (Å²) in [5, 5.41) is 14.0. The predicted octanol–water partition coefficient (Wildman–Crippen LogP) is 1.62. The minimum atomic E-state index is -0.248. The molecule has 2 aromatic rings. The lowest BCUT2D eigenvalue weighted by atomic mass is 10.2. The second-order valence-electron chi connectivity index (χ2n) is 4.24. The third-order valence-corrected chi connectivity index (χ3v) is 2.84. The van der Waals surface area contributed by atoms with Crippen molar-refractivity contribution in [1.82, 2.24) is 20.2 Å². The van der Waals surface area contributed by atoms with E-state index in [0.717, 1.165) is 12.2 Å². The summed E-state index contributed by atoms with van der Waals surface area (Å²) in [6, 6.07) is 4.79. The van der Waals surface area contributed by atoms with Crippen molar-refractivity contribution in [2.24, 2.45) is 5.92 Å². The molecule has 1 aliphatic rings. The Labute approximate surface area is 97.6 Å². The standard InChI is InChI=1S/C11H12FN5/c12-10-4-3-9(17-7-14-15-16-17)5-11(10)13-6-8-1-2-8/h3-5,7-8,13H,1-2,6H2. The van der Waals surface area contributed by atoms with Crippen LogP contribution in [-0.4, -0.2) is 26.8 Å². The van der Waals surface area contributed by atoms with Crippen LogP contribution in [0, 0.1) is 11.7 Å². The highest BCUT2D eigenvalue weighted by Crippen LogP contribution is 2.29. The molecule has 0 saturated heterocycles. The second-order valence-corrected chi connectivity index (χ2v) is 4.24. The molecule has 0 radical (unpaired) electrons. The number of halogens is 1. The summed E-state index contributed by atoms with van der Waals surface area (Å²) in [5.74, 6) is 0.452. The Balaban J connectivity index is 1.83. The summed E-state index contributed by atoms with van der Waals surface area (Å²) in [5.41, 5.74) is 1.25. The van der Waals surface area contributed by atoms with Crippen LogP contribution in [0.1, 0.15) is 12.8 Å². The van der Waals surface area contributed by atoms with Crippen molar-refractivity contribution in [2.75, 3.05) is 11.9 Å². The molecule has 6 heteroatoms. The molecule has 5 nitrogen and oxygen atoms in total. The van der Waals surface area contributed by atoms with Gasteiger partial charge in [0.15, 0.2) is 0 Å². The van der Waals surface area contributed by atoms with E-state index in [0.29, 0.717) is 11.6 Å². The van der Waals surface area contributed by atoms with E-state index < -0.39 is 0 Å². The Kier molecular flexibility index (Phi) is 2.47. The molecule has 1 saturated carbocycles. The van der Waals surface area contributed by atoms with Crippen LogP contribution in [-0.2, 0) is 0 Å². The fraction of sp³-hybridized carbons (Fsp3) is 0.364. The number of nitrogens with zero attached hydrogens (tertiary/aromatic N) is 4. The van der Waals surface area contributed by atoms with Crippen molar-refractivity contribution in [3.05, 3.63) is 30.3 Å². The smallest absolute Gasteiger partial charge is 0.146 e. The molecular formula is C11H12FN5. The van der Waals surface area contributed by atoms with Gasteiger partial charge in [0.2, 0.25) is 0 Å². The van der Waals surface area contributed by atoms with Gasteiger partial charge in [0.05, 0.1) is 11.4 Å². The third kappa shape index (κ3) is 2.25. The first-order chi connectivity index (χ1) is 8.33. The lowest BCUT2D eigenvalue weighted by Crippen LogP contribution is -2.06. The van der Waals surface area contributed by atoms with Gasteiger partial charge in [0, 0.05) is 6.54 Å². The van der Waals surface area contributed by atoms with Crippen LogP contribution >= 0.6 is 0 Å². The van der Waals surface area contributed by atoms with Crippen molar-refractivity contribution >= 4 is 5.69 Å². The van der Waals surface area contributed by atoms with E-state index >= 15 is 0 Å². The van der Waals surface area contributed by atoms with E-state index in [2.05, 4.69) is 20.8 Å². The van der Waals surface area contributed by atoms with E-state index in [1.807, 2.05) is 0 Å². The lowest BCUT2D eigenvalue weighted by Gasteiger charge is -2.08. The Morgan fingerprint density at radius 1 is 1.41 bits per heavy atom. The van der Waals surface area contributed by atoms with Gasteiger partial charge in [-0.1, -0.05) is 0 Å². The number of hydrogen-bond acceptors (Lipinski definition) is 4. The molecule has 0 bridgehead atoms. The maximum Gasteiger partial charge on any atom is 0.146 e. The number of hydrogen-bond donors (Lipinski definition) is 1. The molecule has 0 atom stereocenters. The summed E-state index contributed by atoms with van der Waals surface area (Å²) in [6.45, 7) is 0.829. The second kappa shape index (κ2) is 4.12. The van der Waals surface area contributed by atoms with Gasteiger partial charge in [-0.05, 0) is 47.4 Å². The molecule has 0 unspecified atom stereocenters. The minimum absolute atomic E-state index is 0.248. The monoisotopic (exact) mass is 233 g/mol. The number of rotatable bonds is 4. The summed E-state index contributed by atoms with van der Waals surface area (Å²) >= 11 is 0. The van der Waals surface area contributed by atoms with E-state index in [4.69, 9.17) is 0 Å². The van der Waals surface area contributed by atoms with Crippen LogP contribution in [0.4, 0.5) is 10.1 Å². The molecule has 3 rings (SSSR count). The molecular weight excluding hydrogens is 221 g/mol. The topological polar surface area (TPSA) is 55.6 Å². The van der Waals surface area contributed by atoms with Gasteiger partial charge in [-0.2, -0.15) is 0 Å². The van der Waals surface area contributed by atoms with Gasteiger partial charge in [-0.15, -0.1) is 5.10 Å². The first-order valence-corrected chi connectivity index (χ1v) is 5.60. The van der Waals surface area contributed by atoms with Crippen LogP contribution in [0.25, 0.3) is 5.69 Å². The van der Waals surface area contributed by atoms with Crippen molar-refractivity contribution in [1.29, 1.82) is 0 Å². The molecule has 1 aromatic carbocycles. The molecule has 17 heavy (non-hydrogen) atoms. The molecule has 1 aliphatic carbocycles. The maximum atomic E-state index is 13.6. The van der Waals surface area contributed by atoms with Gasteiger partial charge >= 0.3 is 0 Å². The normalized spacial score (nSPS) is 14.9. The van der Waals surface area contributed by atoms with Gasteiger partial charge in [0.1, 0.15) is 12.1 Å². The summed E-state index contributed by atoms with van der Waals surface area (Å²) in [7, 11) is 0. The summed E-state index contributed by atoms with van der Waals surface area (Å²) < 4.78 is 15.1. The number of anilines is 1. The molecule has 0 amide bonds. The molecule has 1 aromatic heterocycles. The highest BCUT2D eigenvalue weighted by atomic mass is 19.1. The average molecular weight is 233 g/mol. The zero-order valence-electron chi connectivity index (χ0n) is 9.17. The maximum absolute atomic E-state index is 13.6. The molecule has 88 valence electrons. The van der Waals surface area contributed by atoms with Gasteiger partial charge in [0.25, 0.3) is 0 Å². The van der Waals surface area contributed by atoms with E-state index in [1.165, 1.54) is 29.9 Å². The molecule has 0 aliphatic heterocycles. The Morgan fingerprint density at radius 3 is 3.00 bits per heavy atom. The van der Waals surface area contributed by atoms with Gasteiger partial charge in [-0.3, -0.25) is 0 Å². The number of aromatic nitrogens is 4. The van der Waals surface area contributed by atoms with Crippen molar-refractivity contribution in [2.45, 2.75) is 12.8 Å². The van der Waals surface area contributed by atoms with Crippen LogP contribution < -0.4 is 5.32 Å². The number of tetrazole rings is 1. The summed E-state index contributed by atoms with van der Waals surface area (Å²) in [6.07, 6.45) is 3.96. The van der Waals surface area contributed by atoms with Crippen molar-refractivity contribution in [3.63, 3.8) is 0 Å². The van der Waals surface area contributed by atoms with E-state index in [9.17, 15) is 4.39 Å². The van der Waals surface area contributed by atoms with Crippen molar-refractivity contribution < 1.29 is 4.39 Å². The SMILES string of the molecule is Fc1ccc(-n2cnnn2)cc1NCC1CC1. The zero-order valence-corrected chi connectivity index (χ0v) is 9.17. The third-order valence-electron chi connectivity index (χ3n) is 2.84. The van der Waals surface area contributed by atoms with E-state index in [-0.39, 0.29) is 5.82 Å². The van der Waals surface area contributed by atoms with Crippen LogP contribution in [0.15, 0.2) is 24.5 Å². The lowest BCUT2D eigenvalue weighted by molar-refractivity contribution is 0.628. The highest BCUT2D eigenvalue weighted by molar-refractivity contribution is 5.52. The Bertz CT molecular complexity index is 507. The highest BCUT2D eigenvalue weighted by Gasteiger charge is 2.21. The van der Waals surface area contributed by atoms with Gasteiger partial charge < -0.3 is 5.32 Å². The number of benzene rings is 1. The summed E-state index contributed by atoms with van der Waals surface area (Å²) in [4.78, 5) is 0. The molecule has 1 fully saturated rings. The van der Waals surface area contributed by atoms with Crippen LogP contribution in [0.5, 0.6) is 0 Å². The predicted molar refractivity (Wildman–Crippen MR) is 60.3 cm³/mol. The Morgan fingerprint density at radius 2 is 2.29 bits per heavy atom. The quantitative estimate of drug-likeness (QED) is 0.871. The first-order valence-electron chi connectivity index (χ1n) is 5.60. The molecule has 0 spiro atoms. The van der Waals surface area contributed by atoms with E-state index in [1.54, 1.807) is 12.1 Å². The molecule has 1 N–H and O–H groups in total. The van der Waals surface area contributed by atoms with Crippen LogP contribution in [0.3, 0.4) is 0 Å². The first kappa shape index (κ1) is 10.2. The van der Waals surface area contributed by atoms with Crippen LogP contribution in [0.2, 0.25) is 0 Å². The Hall–Kier alpha value is -1.98. The molecule has 1 heterocycles. The minimum Gasteiger partial charge on any atom is -0.382 e. The van der Waals surface area contributed by atoms with Crippen molar-refractivity contribution in [3.8, 4) is 5.69 Å². The van der Waals surface area contributed by atoms with Gasteiger partial charge in [-0.25, -0.2) is 9.07 Å².